The second-order valence-electron chi connectivity index (χ2n) is 7.21. The van der Waals surface area contributed by atoms with E-state index in [-0.39, 0.29) is 5.76 Å². The molecule has 154 valence electrons. The number of hydrogen-bond donors (Lipinski definition) is 1. The van der Waals surface area contributed by atoms with E-state index in [0.717, 1.165) is 22.0 Å². The van der Waals surface area contributed by atoms with Gasteiger partial charge in [0.25, 0.3) is 0 Å². The second kappa shape index (κ2) is 8.98. The molecule has 0 aliphatic heterocycles. The average molecular weight is 427 g/mol. The Kier molecular flexibility index (Phi) is 5.96. The van der Waals surface area contributed by atoms with Gasteiger partial charge >= 0.3 is 0 Å². The quantitative estimate of drug-likeness (QED) is 0.220. The smallest absolute Gasteiger partial charge is 0.238 e. The third-order valence-electron chi connectivity index (χ3n) is 5.04. The van der Waals surface area contributed by atoms with Crippen LogP contribution in [0.3, 0.4) is 0 Å². The molecule has 3 aromatic carbocycles. The Morgan fingerprint density at radius 2 is 1.58 bits per heavy atom. The van der Waals surface area contributed by atoms with E-state index in [1.54, 1.807) is 35.9 Å². The zero-order valence-corrected chi connectivity index (χ0v) is 18.1. The van der Waals surface area contributed by atoms with Crippen LogP contribution in [0.4, 0.5) is 5.69 Å². The molecule has 0 aliphatic rings. The van der Waals surface area contributed by atoms with Crippen LogP contribution in [0.2, 0.25) is 0 Å². The summed E-state index contributed by atoms with van der Waals surface area (Å²) >= 11 is 5.71. The zero-order chi connectivity index (χ0) is 21.8. The number of aromatic nitrogens is 1. The number of nitrogens with one attached hydrogen (secondary N) is 1. The summed E-state index contributed by atoms with van der Waals surface area (Å²) in [4.78, 5) is 0.352. The molecule has 0 saturated carbocycles. The Balaban J connectivity index is 1.81. The molecule has 0 atom stereocenters. The molecule has 1 N–H and O–H groups in total. The minimum atomic E-state index is -0.174. The van der Waals surface area contributed by atoms with Crippen LogP contribution in [-0.2, 0) is 0 Å². The number of rotatable bonds is 5. The Morgan fingerprint density at radius 3 is 2.26 bits per heavy atom. The molecule has 4 aromatic rings. The highest BCUT2D eigenvalue weighted by Crippen LogP contribution is 2.21. The van der Waals surface area contributed by atoms with E-state index in [4.69, 9.17) is 17.0 Å². The number of ether oxygens (including phenoxy) is 1. The third-order valence-corrected chi connectivity index (χ3v) is 5.33. The first-order valence-corrected chi connectivity index (χ1v) is 10.3. The normalized spacial score (nSPS) is 11.7. The van der Waals surface area contributed by atoms with Crippen LogP contribution in [0, 0.1) is 6.92 Å². The minimum Gasteiger partial charge on any atom is -0.867 e. The van der Waals surface area contributed by atoms with E-state index in [1.807, 2.05) is 73.9 Å². The highest BCUT2D eigenvalue weighted by Gasteiger charge is 2.19. The fraction of sp³-hybridized carbons (Fsp3) is 0.0769. The molecule has 1 heterocycles. The topological polar surface area (TPSA) is 48.2 Å². The van der Waals surface area contributed by atoms with E-state index >= 15 is 0 Å². The number of fused-ring (bicyclic) bond motifs is 1. The summed E-state index contributed by atoms with van der Waals surface area (Å²) in [6.07, 6.45) is 3.79. The molecule has 0 unspecified atom stereocenters. The third kappa shape index (κ3) is 4.57. The Morgan fingerprint density at radius 1 is 0.903 bits per heavy atom. The molecule has 0 saturated heterocycles. The van der Waals surface area contributed by atoms with Gasteiger partial charge in [-0.15, -0.1) is 0 Å². The summed E-state index contributed by atoms with van der Waals surface area (Å²) in [5, 5.41) is 18.9. The van der Waals surface area contributed by atoms with Crippen molar-refractivity contribution >= 4 is 45.1 Å². The first-order chi connectivity index (χ1) is 15.0. The monoisotopic (exact) mass is 426 g/mol. The molecule has 1 aromatic heterocycles. The van der Waals surface area contributed by atoms with Crippen molar-refractivity contribution < 1.29 is 14.4 Å². The lowest BCUT2D eigenvalue weighted by molar-refractivity contribution is -0.576. The summed E-state index contributed by atoms with van der Waals surface area (Å²) in [7, 11) is 1.60. The minimum absolute atomic E-state index is 0.174. The van der Waals surface area contributed by atoms with Crippen LogP contribution >= 0.6 is 12.2 Å². The summed E-state index contributed by atoms with van der Waals surface area (Å²) in [6, 6.07) is 24.9. The average Bonchev–Trinajstić information content (AvgIpc) is 2.80. The number of benzene rings is 3. The number of aryl methyl sites for hydroxylation is 1. The van der Waals surface area contributed by atoms with Gasteiger partial charge in [-0.25, -0.2) is 0 Å². The van der Waals surface area contributed by atoms with Crippen LogP contribution in [-0.4, -0.2) is 12.1 Å². The van der Waals surface area contributed by atoms with E-state index in [0.29, 0.717) is 22.0 Å². The Bertz CT molecular complexity index is 1260. The molecule has 0 aliphatic carbocycles. The van der Waals surface area contributed by atoms with Gasteiger partial charge in [-0.2, -0.15) is 4.57 Å². The fourth-order valence-corrected chi connectivity index (χ4v) is 3.63. The van der Waals surface area contributed by atoms with Gasteiger partial charge in [0, 0.05) is 17.1 Å². The molecular weight excluding hydrogens is 404 g/mol. The molecular formula is C26H22N2O2S. The number of thiocarbonyl (C=S) groups is 1. The van der Waals surface area contributed by atoms with Gasteiger partial charge in [-0.1, -0.05) is 60.2 Å². The fourth-order valence-electron chi connectivity index (χ4n) is 3.32. The molecule has 0 bridgehead atoms. The van der Waals surface area contributed by atoms with Crippen LogP contribution in [0.5, 0.6) is 5.75 Å². The summed E-state index contributed by atoms with van der Waals surface area (Å²) in [5.74, 6) is 0.518. The van der Waals surface area contributed by atoms with Crippen LogP contribution in [0.15, 0.2) is 91.3 Å². The lowest BCUT2D eigenvalue weighted by Crippen LogP contribution is -2.40. The Hall–Kier alpha value is -3.70. The van der Waals surface area contributed by atoms with Gasteiger partial charge < -0.3 is 15.2 Å². The molecule has 4 nitrogen and oxygen atoms in total. The Labute approximate surface area is 187 Å². The maximum absolute atomic E-state index is 13.5. The molecule has 31 heavy (non-hydrogen) atoms. The van der Waals surface area contributed by atoms with Gasteiger partial charge in [0.15, 0.2) is 17.4 Å². The first-order valence-electron chi connectivity index (χ1n) is 9.89. The maximum atomic E-state index is 13.5. The van der Waals surface area contributed by atoms with E-state index in [2.05, 4.69) is 5.32 Å². The van der Waals surface area contributed by atoms with Gasteiger partial charge in [0.1, 0.15) is 5.75 Å². The summed E-state index contributed by atoms with van der Waals surface area (Å²) < 4.78 is 7.01. The number of hydrogen-bond acceptors (Lipinski definition) is 3. The van der Waals surface area contributed by atoms with E-state index < -0.39 is 0 Å². The van der Waals surface area contributed by atoms with Crippen molar-refractivity contribution in [1.82, 2.24) is 0 Å². The standard InChI is InChI=1S/C26H22N2O2S/c1-18-7-11-22(12-8-18)27-26(31)24(25(29)20-9-13-23(30-2)14-10-20)28-16-15-19-5-3-4-6-21(19)17-28/h3-17H,1-2H3,(H-,27,29,31). The molecule has 0 fully saturated rings. The largest absolute Gasteiger partial charge is 0.867 e. The maximum Gasteiger partial charge on any atom is 0.238 e. The predicted octanol–water partition coefficient (Wildman–Crippen LogP) is 4.57. The van der Waals surface area contributed by atoms with Crippen LogP contribution in [0.1, 0.15) is 11.1 Å². The van der Waals surface area contributed by atoms with Gasteiger partial charge in [-0.3, -0.25) is 0 Å². The number of pyridine rings is 1. The highest BCUT2D eigenvalue weighted by molar-refractivity contribution is 7.81. The lowest BCUT2D eigenvalue weighted by atomic mass is 10.1. The van der Waals surface area contributed by atoms with E-state index in [1.165, 1.54) is 0 Å². The summed E-state index contributed by atoms with van der Waals surface area (Å²) in [5.41, 5.74) is 2.90. The molecule has 4 rings (SSSR count). The van der Waals surface area contributed by atoms with Gasteiger partial charge in [-0.05, 0) is 54.0 Å². The highest BCUT2D eigenvalue weighted by atomic mass is 32.1. The van der Waals surface area contributed by atoms with Crippen molar-refractivity contribution in [3.05, 3.63) is 102 Å². The number of anilines is 1. The molecule has 0 amide bonds. The van der Waals surface area contributed by atoms with Crippen molar-refractivity contribution in [1.29, 1.82) is 0 Å². The van der Waals surface area contributed by atoms with Crippen molar-refractivity contribution in [2.24, 2.45) is 0 Å². The predicted molar refractivity (Wildman–Crippen MR) is 128 cm³/mol. The first kappa shape index (κ1) is 20.6. The molecule has 5 heteroatoms. The molecule has 0 radical (unpaired) electrons. The lowest BCUT2D eigenvalue weighted by Gasteiger charge is -2.17. The number of nitrogens with zero attached hydrogens (tertiary/aromatic N) is 1. The second-order valence-corrected chi connectivity index (χ2v) is 7.62. The molecule has 0 spiro atoms. The summed E-state index contributed by atoms with van der Waals surface area (Å²) in [6.45, 7) is 2.03. The van der Waals surface area contributed by atoms with Crippen molar-refractivity contribution in [2.45, 2.75) is 6.92 Å². The van der Waals surface area contributed by atoms with Crippen molar-refractivity contribution in [3.8, 4) is 5.75 Å². The van der Waals surface area contributed by atoms with Crippen LogP contribution in [0.25, 0.3) is 22.2 Å². The van der Waals surface area contributed by atoms with Gasteiger partial charge in [0.2, 0.25) is 5.70 Å². The van der Waals surface area contributed by atoms with E-state index in [9.17, 15) is 5.11 Å². The zero-order valence-electron chi connectivity index (χ0n) is 17.3. The van der Waals surface area contributed by atoms with Crippen molar-refractivity contribution in [3.63, 3.8) is 0 Å². The van der Waals surface area contributed by atoms with Crippen LogP contribution < -0.4 is 19.7 Å². The van der Waals surface area contributed by atoms with Crippen molar-refractivity contribution in [2.75, 3.05) is 12.4 Å². The van der Waals surface area contributed by atoms with Gasteiger partial charge in [0.05, 0.1) is 7.11 Å². The number of methoxy groups -OCH3 is 1. The SMILES string of the molecule is COc1ccc(/C([O-])=C(/C(=S)Nc2ccc(C)cc2)[n+]2ccc3ccccc3c2)cc1.